The van der Waals surface area contributed by atoms with Crippen LogP contribution in [0.2, 0.25) is 0 Å². The van der Waals surface area contributed by atoms with Crippen LogP contribution in [-0.4, -0.2) is 29.9 Å². The van der Waals surface area contributed by atoms with E-state index in [1.165, 1.54) is 5.56 Å². The number of para-hydroxylation sites is 3. The van der Waals surface area contributed by atoms with Crippen LogP contribution in [0.15, 0.2) is 268 Å². The highest BCUT2D eigenvalue weighted by molar-refractivity contribution is 6.16. The molecule has 382 valence electrons. The van der Waals surface area contributed by atoms with Crippen molar-refractivity contribution in [2.75, 3.05) is 14.7 Å². The van der Waals surface area contributed by atoms with Gasteiger partial charge in [0.05, 0.1) is 47.0 Å². The summed E-state index contributed by atoms with van der Waals surface area (Å²) in [5.41, 5.74) is 15.5. The summed E-state index contributed by atoms with van der Waals surface area (Å²) in [5, 5.41) is 1.84. The summed E-state index contributed by atoms with van der Waals surface area (Å²) in [7, 11) is 0. The van der Waals surface area contributed by atoms with Crippen molar-refractivity contribution in [2.45, 2.75) is 19.3 Å². The molecule has 9 aromatic carbocycles. The number of anilines is 9. The lowest BCUT2D eigenvalue weighted by molar-refractivity contribution is 0.672. The number of allylic oxidation sites excluding steroid dienone is 1. The van der Waals surface area contributed by atoms with Gasteiger partial charge in [-0.2, -0.15) is 0 Å². The molecule has 0 bridgehead atoms. The van der Waals surface area contributed by atoms with Gasteiger partial charge < -0.3 is 0 Å². The van der Waals surface area contributed by atoms with E-state index in [2.05, 4.69) is 258 Å². The topological polar surface area (TPSA) is 87.1 Å². The van der Waals surface area contributed by atoms with Crippen molar-refractivity contribution in [2.24, 2.45) is 0 Å². The summed E-state index contributed by atoms with van der Waals surface area (Å²) < 4.78 is 0. The quantitative estimate of drug-likeness (QED) is 0.111. The van der Waals surface area contributed by atoms with Crippen molar-refractivity contribution in [3.05, 3.63) is 290 Å². The maximum absolute atomic E-state index is 5.20. The molecule has 80 heavy (non-hydrogen) atoms. The number of aromatic nitrogens is 6. The molecule has 0 N–H and O–H groups in total. The normalized spacial score (nSPS) is 12.4. The Morgan fingerprint density at radius 3 is 1.25 bits per heavy atom. The van der Waals surface area contributed by atoms with Gasteiger partial charge in [-0.1, -0.05) is 214 Å². The van der Waals surface area contributed by atoms with Crippen LogP contribution in [0.5, 0.6) is 0 Å². The minimum absolute atomic E-state index is 0.411. The molecule has 0 aliphatic heterocycles. The molecule has 0 saturated carbocycles. The first-order valence-corrected chi connectivity index (χ1v) is 26.7. The number of hydrogen-bond donors (Lipinski definition) is 0. The first-order chi connectivity index (χ1) is 39.5. The van der Waals surface area contributed by atoms with Gasteiger partial charge in [-0.25, -0.2) is 15.0 Å². The maximum Gasteiger partial charge on any atom is 0.156 e. The molecule has 0 spiro atoms. The van der Waals surface area contributed by atoms with Crippen LogP contribution in [0.1, 0.15) is 36.1 Å². The second-order valence-corrected chi connectivity index (χ2v) is 20.1. The van der Waals surface area contributed by atoms with Gasteiger partial charge in [0, 0.05) is 86.9 Å². The zero-order valence-corrected chi connectivity index (χ0v) is 44.2. The Hall–Kier alpha value is -10.6. The Labute approximate surface area is 465 Å². The van der Waals surface area contributed by atoms with Gasteiger partial charge >= 0.3 is 0 Å². The fourth-order valence-electron chi connectivity index (χ4n) is 11.1. The summed E-state index contributed by atoms with van der Waals surface area (Å²) in [6.07, 6.45) is 25.2. The average molecular weight is 1030 g/mol. The SMILES string of the molecule is CC1(C)C=Cc2c(c(N(c3cnccn3)c3ccccc3-c3ccccc3)c3cc(N(c4cnccn4)c4ccccc4-c4ccccc4)ccc3c2N(c2cnccn2)c2ccccc2-c2ccccc2)C=Cc2ccccc21. The van der Waals surface area contributed by atoms with Gasteiger partial charge in [0.15, 0.2) is 17.5 Å². The summed E-state index contributed by atoms with van der Waals surface area (Å²) >= 11 is 0. The van der Waals surface area contributed by atoms with E-state index < -0.39 is 5.41 Å². The predicted octanol–water partition coefficient (Wildman–Crippen LogP) is 18.1. The molecule has 3 heterocycles. The third-order valence-corrected chi connectivity index (χ3v) is 14.8. The zero-order chi connectivity index (χ0) is 53.8. The van der Waals surface area contributed by atoms with Crippen molar-refractivity contribution in [3.8, 4) is 33.4 Å². The molecule has 0 fully saturated rings. The third kappa shape index (κ3) is 9.22. The molecule has 0 amide bonds. The second kappa shape index (κ2) is 21.4. The highest BCUT2D eigenvalue weighted by Crippen LogP contribution is 2.55. The molecular weight excluding hydrogens is 979 g/mol. The third-order valence-electron chi connectivity index (χ3n) is 14.8. The van der Waals surface area contributed by atoms with Crippen molar-refractivity contribution in [1.29, 1.82) is 0 Å². The Morgan fingerprint density at radius 1 is 0.350 bits per heavy atom. The second-order valence-electron chi connectivity index (χ2n) is 20.1. The molecule has 0 unspecified atom stereocenters. The molecule has 12 aromatic rings. The Kier molecular flexibility index (Phi) is 13.1. The van der Waals surface area contributed by atoms with E-state index in [9.17, 15) is 0 Å². The first kappa shape index (κ1) is 49.0. The highest BCUT2D eigenvalue weighted by Gasteiger charge is 2.33. The summed E-state index contributed by atoms with van der Waals surface area (Å²) in [4.78, 5) is 36.5. The monoisotopic (exact) mass is 1030 g/mol. The minimum atomic E-state index is -0.411. The molecule has 9 heteroatoms. The molecule has 0 atom stereocenters. The van der Waals surface area contributed by atoms with Crippen LogP contribution in [0, 0.1) is 0 Å². The maximum atomic E-state index is 5.20. The summed E-state index contributed by atoms with van der Waals surface area (Å²) in [6.45, 7) is 4.58. The molecule has 1 aliphatic rings. The molecule has 1 aliphatic carbocycles. The number of fused-ring (bicyclic) bond motifs is 3. The van der Waals surface area contributed by atoms with Crippen LogP contribution in [0.25, 0.3) is 62.4 Å². The first-order valence-electron chi connectivity index (χ1n) is 26.7. The lowest BCUT2D eigenvalue weighted by Crippen LogP contribution is -2.19. The number of nitrogens with zero attached hydrogens (tertiary/aromatic N) is 9. The minimum Gasteiger partial charge on any atom is -0.293 e. The molecule has 13 rings (SSSR count). The number of hydrogen-bond acceptors (Lipinski definition) is 9. The smallest absolute Gasteiger partial charge is 0.156 e. The van der Waals surface area contributed by atoms with Gasteiger partial charge in [0.2, 0.25) is 0 Å². The fourth-order valence-corrected chi connectivity index (χ4v) is 11.1. The Bertz CT molecular complexity index is 4210. The van der Waals surface area contributed by atoms with Crippen LogP contribution >= 0.6 is 0 Å². The van der Waals surface area contributed by atoms with Crippen LogP contribution < -0.4 is 14.7 Å². The summed E-state index contributed by atoms with van der Waals surface area (Å²) in [5.74, 6) is 1.93. The summed E-state index contributed by atoms with van der Waals surface area (Å²) in [6, 6.07) is 72.7. The van der Waals surface area contributed by atoms with Crippen molar-refractivity contribution in [1.82, 2.24) is 29.9 Å². The lowest BCUT2D eigenvalue weighted by atomic mass is 9.81. The van der Waals surface area contributed by atoms with Crippen LogP contribution in [0.4, 0.5) is 51.6 Å². The Balaban J connectivity index is 1.24. The van der Waals surface area contributed by atoms with E-state index in [-0.39, 0.29) is 0 Å². The highest BCUT2D eigenvalue weighted by atomic mass is 15.2. The van der Waals surface area contributed by atoms with Crippen molar-refractivity contribution < 1.29 is 0 Å². The van der Waals surface area contributed by atoms with E-state index in [1.807, 2.05) is 24.7 Å². The van der Waals surface area contributed by atoms with E-state index in [0.29, 0.717) is 17.5 Å². The van der Waals surface area contributed by atoms with Crippen LogP contribution in [0.3, 0.4) is 0 Å². The largest absolute Gasteiger partial charge is 0.293 e. The van der Waals surface area contributed by atoms with Gasteiger partial charge in [0.25, 0.3) is 0 Å². The molecule has 3 aromatic heterocycles. The fraction of sp³-hybridized carbons (Fsp3) is 0.0423. The van der Waals surface area contributed by atoms with Gasteiger partial charge in [-0.05, 0) is 58.1 Å². The standard InChI is InChI=1S/C71H53N9/c1-71(2)39-38-60-58(36-34-53-26-12-16-30-62(53)71)70(80(68-49-74-42-45-77-68)65-33-19-15-29-57(65)52-24-10-5-11-25-52)61-46-54(78(66-47-72-40-43-75-66)63-31-17-13-27-55(63)50-20-6-3-7-21-50)35-37-59(61)69(60)79(67-48-73-41-44-76-67)64-32-18-14-28-56(64)51-22-8-4-9-23-51/h3-49H,1-2H3. The van der Waals surface area contributed by atoms with Gasteiger partial charge in [0.1, 0.15) is 0 Å². The van der Waals surface area contributed by atoms with E-state index in [0.717, 1.165) is 95.0 Å². The van der Waals surface area contributed by atoms with Crippen molar-refractivity contribution >= 4 is 80.6 Å². The van der Waals surface area contributed by atoms with E-state index in [1.54, 1.807) is 37.2 Å². The Morgan fingerprint density at radius 2 is 0.762 bits per heavy atom. The lowest BCUT2D eigenvalue weighted by Gasteiger charge is -2.35. The zero-order valence-electron chi connectivity index (χ0n) is 44.2. The van der Waals surface area contributed by atoms with E-state index in [4.69, 9.17) is 24.9 Å². The number of rotatable bonds is 12. The van der Waals surface area contributed by atoms with Gasteiger partial charge in [-0.15, -0.1) is 0 Å². The predicted molar refractivity (Wildman–Crippen MR) is 329 cm³/mol. The molecular formula is C71H53N9. The van der Waals surface area contributed by atoms with Gasteiger partial charge in [-0.3, -0.25) is 29.7 Å². The molecule has 9 nitrogen and oxygen atoms in total. The van der Waals surface area contributed by atoms with E-state index >= 15 is 0 Å². The van der Waals surface area contributed by atoms with Crippen LogP contribution in [-0.2, 0) is 5.41 Å². The molecule has 0 radical (unpaired) electrons. The average Bonchev–Trinajstić information content (AvgIpc) is 3.66. The number of benzene rings is 9. The van der Waals surface area contributed by atoms with Crippen molar-refractivity contribution in [3.63, 3.8) is 0 Å². The molecule has 0 saturated heterocycles.